The van der Waals surface area contributed by atoms with Crippen molar-refractivity contribution in [2.24, 2.45) is 5.73 Å². The average molecular weight is 345 g/mol. The molecule has 0 heterocycles. The molecule has 0 radical (unpaired) electrons. The highest BCUT2D eigenvalue weighted by Gasteiger charge is 2.41. The van der Waals surface area contributed by atoms with Crippen molar-refractivity contribution >= 4 is 27.5 Å². The number of carbonyl (C=O) groups excluding carboxylic acids is 1. The molecule has 3 N–H and O–H groups in total. The Hall–Kier alpha value is -1.81. The maximum absolute atomic E-state index is 12.3. The lowest BCUT2D eigenvalue weighted by molar-refractivity contribution is -0.123. The number of benzene rings is 2. The number of nitrogens with two attached hydrogens (primary N) is 1. The van der Waals surface area contributed by atoms with Gasteiger partial charge in [-0.1, -0.05) is 46.3 Å². The zero-order valence-electron chi connectivity index (χ0n) is 11.6. The summed E-state index contributed by atoms with van der Waals surface area (Å²) in [6.07, 6.45) is 2.65. The fourth-order valence-corrected chi connectivity index (χ4v) is 3.49. The quantitative estimate of drug-likeness (QED) is 0.893. The van der Waals surface area contributed by atoms with E-state index in [4.69, 9.17) is 5.73 Å². The number of primary amides is 1. The van der Waals surface area contributed by atoms with E-state index in [1.54, 1.807) is 0 Å². The van der Waals surface area contributed by atoms with Crippen LogP contribution in [0.25, 0.3) is 0 Å². The van der Waals surface area contributed by atoms with Crippen LogP contribution in [0.3, 0.4) is 0 Å². The van der Waals surface area contributed by atoms with Crippen LogP contribution in [0.1, 0.15) is 24.0 Å². The van der Waals surface area contributed by atoms with Gasteiger partial charge in [0.05, 0.1) is 0 Å². The lowest BCUT2D eigenvalue weighted by Gasteiger charge is -2.38. The monoisotopic (exact) mass is 344 g/mol. The molecule has 1 amide bonds. The molecule has 0 fully saturated rings. The summed E-state index contributed by atoms with van der Waals surface area (Å²) in [6.45, 7) is 0. The van der Waals surface area contributed by atoms with E-state index < -0.39 is 5.54 Å². The molecule has 0 aliphatic heterocycles. The van der Waals surface area contributed by atoms with E-state index in [9.17, 15) is 4.79 Å². The molecule has 1 aliphatic carbocycles. The van der Waals surface area contributed by atoms with Gasteiger partial charge in [0.2, 0.25) is 5.91 Å². The number of fused-ring (bicyclic) bond motifs is 1. The number of hydrogen-bond donors (Lipinski definition) is 2. The van der Waals surface area contributed by atoms with E-state index in [0.717, 1.165) is 28.6 Å². The van der Waals surface area contributed by atoms with Crippen LogP contribution in [-0.4, -0.2) is 5.91 Å². The Morgan fingerprint density at radius 3 is 2.76 bits per heavy atom. The molecule has 1 atom stereocenters. The lowest BCUT2D eigenvalue weighted by atomic mass is 9.75. The Kier molecular flexibility index (Phi) is 3.72. The first-order valence-electron chi connectivity index (χ1n) is 7.04. The molecule has 0 aromatic heterocycles. The van der Waals surface area contributed by atoms with E-state index >= 15 is 0 Å². The minimum Gasteiger partial charge on any atom is -0.368 e. The number of halogens is 1. The second-order valence-electron chi connectivity index (χ2n) is 5.42. The molecule has 108 valence electrons. The molecule has 3 rings (SSSR count). The van der Waals surface area contributed by atoms with Crippen molar-refractivity contribution in [2.75, 3.05) is 5.32 Å². The van der Waals surface area contributed by atoms with Crippen LogP contribution in [0.5, 0.6) is 0 Å². The number of nitrogens with one attached hydrogen (secondary N) is 1. The van der Waals surface area contributed by atoms with Crippen LogP contribution >= 0.6 is 15.9 Å². The molecule has 2 aromatic rings. The molecular weight excluding hydrogens is 328 g/mol. The Morgan fingerprint density at radius 1 is 1.19 bits per heavy atom. The van der Waals surface area contributed by atoms with Crippen LogP contribution in [0, 0.1) is 0 Å². The zero-order valence-corrected chi connectivity index (χ0v) is 13.2. The first kappa shape index (κ1) is 14.1. The normalized spacial score (nSPS) is 20.6. The van der Waals surface area contributed by atoms with Crippen LogP contribution in [-0.2, 0) is 16.8 Å². The van der Waals surface area contributed by atoms with Crippen LogP contribution in [0.4, 0.5) is 5.69 Å². The van der Waals surface area contributed by atoms with E-state index in [-0.39, 0.29) is 5.91 Å². The largest absolute Gasteiger partial charge is 0.368 e. The molecule has 1 aliphatic rings. The molecule has 0 spiro atoms. The summed E-state index contributed by atoms with van der Waals surface area (Å²) < 4.78 is 0.969. The number of amides is 1. The van der Waals surface area contributed by atoms with E-state index in [0.29, 0.717) is 6.42 Å². The SMILES string of the molecule is NC(=O)C1(Nc2cccc(Br)c2)CCCc2ccccc21. The van der Waals surface area contributed by atoms with Gasteiger partial charge in [-0.15, -0.1) is 0 Å². The summed E-state index contributed by atoms with van der Waals surface area (Å²) >= 11 is 3.46. The van der Waals surface area contributed by atoms with Gasteiger partial charge in [0.15, 0.2) is 0 Å². The summed E-state index contributed by atoms with van der Waals surface area (Å²) in [5.41, 5.74) is 8.06. The average Bonchev–Trinajstić information content (AvgIpc) is 2.47. The first-order chi connectivity index (χ1) is 10.1. The van der Waals surface area contributed by atoms with Crippen LogP contribution in [0.2, 0.25) is 0 Å². The van der Waals surface area contributed by atoms with Crippen molar-refractivity contribution in [3.63, 3.8) is 0 Å². The van der Waals surface area contributed by atoms with Crippen molar-refractivity contribution in [3.05, 3.63) is 64.1 Å². The van der Waals surface area contributed by atoms with E-state index in [1.807, 2.05) is 42.5 Å². The third-order valence-electron chi connectivity index (χ3n) is 4.08. The minimum absolute atomic E-state index is 0.324. The Morgan fingerprint density at radius 2 is 2.00 bits per heavy atom. The second-order valence-corrected chi connectivity index (χ2v) is 6.33. The summed E-state index contributed by atoms with van der Waals surface area (Å²) in [5.74, 6) is -0.324. The van der Waals surface area contributed by atoms with Gasteiger partial charge in [0, 0.05) is 10.2 Å². The van der Waals surface area contributed by atoms with Gasteiger partial charge in [0.25, 0.3) is 0 Å². The van der Waals surface area contributed by atoms with Crippen molar-refractivity contribution in [1.82, 2.24) is 0 Å². The second kappa shape index (κ2) is 5.53. The predicted octanol–water partition coefficient (Wildman–Crippen LogP) is 3.58. The fourth-order valence-electron chi connectivity index (χ4n) is 3.09. The summed E-state index contributed by atoms with van der Waals surface area (Å²) in [5, 5.41) is 3.39. The number of aryl methyl sites for hydroxylation is 1. The maximum Gasteiger partial charge on any atom is 0.247 e. The lowest BCUT2D eigenvalue weighted by Crippen LogP contribution is -2.49. The molecule has 0 saturated heterocycles. The maximum atomic E-state index is 12.3. The molecule has 3 nitrogen and oxygen atoms in total. The van der Waals surface area contributed by atoms with Crippen LogP contribution < -0.4 is 11.1 Å². The van der Waals surface area contributed by atoms with Gasteiger partial charge >= 0.3 is 0 Å². The molecular formula is C17H17BrN2O. The van der Waals surface area contributed by atoms with Crippen molar-refractivity contribution < 1.29 is 4.79 Å². The standard InChI is InChI=1S/C17H17BrN2O/c18-13-7-3-8-14(11-13)20-17(16(19)21)10-4-6-12-5-1-2-9-15(12)17/h1-3,5,7-9,11,20H,4,6,10H2,(H2,19,21). The van der Waals surface area contributed by atoms with E-state index in [1.165, 1.54) is 5.56 Å². The number of hydrogen-bond acceptors (Lipinski definition) is 2. The summed E-state index contributed by atoms with van der Waals surface area (Å²) in [7, 11) is 0. The molecule has 2 aromatic carbocycles. The highest BCUT2D eigenvalue weighted by atomic mass is 79.9. The highest BCUT2D eigenvalue weighted by Crippen LogP contribution is 2.38. The zero-order chi connectivity index (χ0) is 14.9. The fraction of sp³-hybridized carbons (Fsp3) is 0.235. The molecule has 4 heteroatoms. The van der Waals surface area contributed by atoms with Gasteiger partial charge in [-0.05, 0) is 48.6 Å². The number of carbonyl (C=O) groups is 1. The summed E-state index contributed by atoms with van der Waals surface area (Å²) in [6, 6.07) is 15.9. The first-order valence-corrected chi connectivity index (χ1v) is 7.83. The Labute approximate surface area is 132 Å². The van der Waals surface area contributed by atoms with Crippen molar-refractivity contribution in [3.8, 4) is 0 Å². The Bertz CT molecular complexity index is 686. The predicted molar refractivity (Wildman–Crippen MR) is 88.0 cm³/mol. The van der Waals surface area contributed by atoms with Gasteiger partial charge in [0.1, 0.15) is 5.54 Å². The van der Waals surface area contributed by atoms with E-state index in [2.05, 4.69) is 27.3 Å². The molecule has 21 heavy (non-hydrogen) atoms. The third-order valence-corrected chi connectivity index (χ3v) is 4.57. The molecule has 0 saturated carbocycles. The number of rotatable bonds is 3. The third kappa shape index (κ3) is 2.56. The summed E-state index contributed by atoms with van der Waals surface area (Å²) in [4.78, 5) is 12.3. The van der Waals surface area contributed by atoms with Gasteiger partial charge in [-0.25, -0.2) is 0 Å². The smallest absolute Gasteiger partial charge is 0.247 e. The van der Waals surface area contributed by atoms with Gasteiger partial charge in [-0.2, -0.15) is 0 Å². The van der Waals surface area contributed by atoms with Crippen molar-refractivity contribution in [2.45, 2.75) is 24.8 Å². The molecule has 0 bridgehead atoms. The Balaban J connectivity index is 2.08. The van der Waals surface area contributed by atoms with Crippen molar-refractivity contribution in [1.29, 1.82) is 0 Å². The highest BCUT2D eigenvalue weighted by molar-refractivity contribution is 9.10. The number of anilines is 1. The topological polar surface area (TPSA) is 55.1 Å². The minimum atomic E-state index is -0.824. The van der Waals surface area contributed by atoms with Gasteiger partial charge < -0.3 is 11.1 Å². The van der Waals surface area contributed by atoms with Gasteiger partial charge in [-0.3, -0.25) is 4.79 Å². The van der Waals surface area contributed by atoms with Crippen LogP contribution in [0.15, 0.2) is 53.0 Å². The molecule has 1 unspecified atom stereocenters.